The molecule has 5 aromatic rings. The van der Waals surface area contributed by atoms with E-state index in [0.717, 1.165) is 22.8 Å². The van der Waals surface area contributed by atoms with Gasteiger partial charge in [0.05, 0.1) is 11.4 Å². The Morgan fingerprint density at radius 1 is 0.891 bits per heavy atom. The van der Waals surface area contributed by atoms with Crippen LogP contribution in [0.1, 0.15) is 59.4 Å². The fourth-order valence-corrected chi connectivity index (χ4v) is 5.52. The number of rotatable bonds is 10. The van der Waals surface area contributed by atoms with E-state index in [4.69, 9.17) is 9.08 Å². The van der Waals surface area contributed by atoms with Gasteiger partial charge in [0.15, 0.2) is 5.76 Å². The lowest BCUT2D eigenvalue weighted by atomic mass is 9.83. The topological polar surface area (TPSA) is 110 Å². The zero-order valence-electron chi connectivity index (χ0n) is 25.6. The first-order valence-corrected chi connectivity index (χ1v) is 16.3. The molecule has 1 heterocycles. The van der Waals surface area contributed by atoms with Gasteiger partial charge in [0.1, 0.15) is 11.6 Å². The molecule has 7 nitrogen and oxygen atoms in total. The number of amides is 1. The number of aromatic nitrogens is 1. The SMILES string of the molecule is CC(C)(C)c1ccc(C(Cc2ccc(C(=O)NCCS(=O)(=O)O)cc2)c2cc(-c3ccc(-c4ccc(F)cc4F)cc3)on2)cc1. The molecule has 0 aliphatic heterocycles. The number of hydrogen-bond acceptors (Lipinski definition) is 5. The fourth-order valence-electron chi connectivity index (χ4n) is 5.16. The molecule has 1 amide bonds. The van der Waals surface area contributed by atoms with E-state index in [-0.39, 0.29) is 17.9 Å². The Balaban J connectivity index is 1.39. The monoisotopic (exact) mass is 644 g/mol. The molecule has 5 rings (SSSR count). The van der Waals surface area contributed by atoms with E-state index in [2.05, 4.69) is 55.5 Å². The summed E-state index contributed by atoms with van der Waals surface area (Å²) in [5.41, 5.74) is 5.86. The molecule has 0 bridgehead atoms. The van der Waals surface area contributed by atoms with Crippen LogP contribution in [0.2, 0.25) is 0 Å². The number of halogens is 2. The number of carbonyl (C=O) groups excluding carboxylic acids is 1. The second-order valence-electron chi connectivity index (χ2n) is 12.2. The second-order valence-corrected chi connectivity index (χ2v) is 13.8. The molecule has 0 saturated carbocycles. The zero-order chi connectivity index (χ0) is 33.1. The molecule has 0 fully saturated rings. The van der Waals surface area contributed by atoms with Crippen LogP contribution >= 0.6 is 0 Å². The van der Waals surface area contributed by atoms with Gasteiger partial charge < -0.3 is 9.84 Å². The van der Waals surface area contributed by atoms with Crippen LogP contribution in [-0.2, 0) is 22.0 Å². The molecule has 1 unspecified atom stereocenters. The van der Waals surface area contributed by atoms with E-state index >= 15 is 0 Å². The maximum Gasteiger partial charge on any atom is 0.266 e. The summed E-state index contributed by atoms with van der Waals surface area (Å²) in [6.07, 6.45) is 0.550. The minimum absolute atomic E-state index is 0.0180. The quantitative estimate of drug-likeness (QED) is 0.152. The average molecular weight is 645 g/mol. The molecule has 2 N–H and O–H groups in total. The molecule has 0 radical (unpaired) electrons. The summed E-state index contributed by atoms with van der Waals surface area (Å²) < 4.78 is 64.2. The molecule has 10 heteroatoms. The van der Waals surface area contributed by atoms with Gasteiger partial charge in [-0.15, -0.1) is 0 Å². The largest absolute Gasteiger partial charge is 0.356 e. The molecule has 0 aliphatic carbocycles. The normalized spacial score (nSPS) is 12.6. The number of benzene rings is 4. The van der Waals surface area contributed by atoms with Crippen molar-refractivity contribution < 1.29 is 31.1 Å². The summed E-state index contributed by atoms with van der Waals surface area (Å²) in [5.74, 6) is -1.93. The van der Waals surface area contributed by atoms with Crippen molar-refractivity contribution in [1.82, 2.24) is 10.5 Å². The highest BCUT2D eigenvalue weighted by atomic mass is 32.2. The molecule has 4 aromatic carbocycles. The number of nitrogens with zero attached hydrogens (tertiary/aromatic N) is 1. The van der Waals surface area contributed by atoms with Crippen molar-refractivity contribution in [2.24, 2.45) is 0 Å². The van der Waals surface area contributed by atoms with Crippen molar-refractivity contribution >= 4 is 16.0 Å². The third-order valence-corrected chi connectivity index (χ3v) is 8.50. The van der Waals surface area contributed by atoms with Crippen molar-refractivity contribution in [1.29, 1.82) is 0 Å². The van der Waals surface area contributed by atoms with Gasteiger partial charge in [0, 0.05) is 41.3 Å². The van der Waals surface area contributed by atoms with Crippen molar-refractivity contribution in [2.45, 2.75) is 38.5 Å². The summed E-state index contributed by atoms with van der Waals surface area (Å²) >= 11 is 0. The maximum absolute atomic E-state index is 14.3. The van der Waals surface area contributed by atoms with Gasteiger partial charge in [0.2, 0.25) is 0 Å². The van der Waals surface area contributed by atoms with Crippen LogP contribution in [0.4, 0.5) is 8.78 Å². The van der Waals surface area contributed by atoms with E-state index in [1.165, 1.54) is 17.7 Å². The lowest BCUT2D eigenvalue weighted by Gasteiger charge is -2.21. The Labute approximate surface area is 267 Å². The third-order valence-electron chi connectivity index (χ3n) is 7.78. The summed E-state index contributed by atoms with van der Waals surface area (Å²) in [7, 11) is -4.17. The first-order valence-electron chi connectivity index (χ1n) is 14.7. The van der Waals surface area contributed by atoms with Crippen molar-refractivity contribution in [3.8, 4) is 22.5 Å². The molecule has 0 saturated heterocycles. The van der Waals surface area contributed by atoms with E-state index in [9.17, 15) is 22.0 Å². The van der Waals surface area contributed by atoms with Crippen LogP contribution in [0.15, 0.2) is 102 Å². The van der Waals surface area contributed by atoms with Gasteiger partial charge >= 0.3 is 0 Å². The van der Waals surface area contributed by atoms with Crippen molar-refractivity contribution in [3.63, 3.8) is 0 Å². The summed E-state index contributed by atoms with van der Waals surface area (Å²) in [5, 5.41) is 6.92. The first-order chi connectivity index (χ1) is 21.8. The van der Waals surface area contributed by atoms with Crippen LogP contribution in [0, 0.1) is 11.6 Å². The van der Waals surface area contributed by atoms with Gasteiger partial charge in [-0.05, 0) is 58.4 Å². The van der Waals surface area contributed by atoms with Crippen LogP contribution < -0.4 is 5.32 Å². The zero-order valence-corrected chi connectivity index (χ0v) is 26.4. The van der Waals surface area contributed by atoms with Gasteiger partial charge in [-0.3, -0.25) is 9.35 Å². The van der Waals surface area contributed by atoms with Crippen LogP contribution in [-0.4, -0.2) is 36.3 Å². The van der Waals surface area contributed by atoms with Gasteiger partial charge in [-0.1, -0.05) is 86.6 Å². The Morgan fingerprint density at radius 3 is 2.15 bits per heavy atom. The molecular weight excluding hydrogens is 610 g/mol. The standard InChI is InChI=1S/C36H34F2N2O5S/c1-36(2,3)28-14-12-25(13-15-28)31(20-23-4-6-27(7-5-23)35(41)39-18-19-46(42,43)44)33-22-34(45-40-33)26-10-8-24(9-11-26)30-17-16-29(37)21-32(30)38/h4-17,21-22,31H,18-20H2,1-3H3,(H,39,41)(H,42,43,44). The predicted molar refractivity (Wildman–Crippen MR) is 173 cm³/mol. The summed E-state index contributed by atoms with van der Waals surface area (Å²) in [6.45, 7) is 6.26. The third kappa shape index (κ3) is 8.13. The lowest BCUT2D eigenvalue weighted by Crippen LogP contribution is -2.28. The number of hydrogen-bond donors (Lipinski definition) is 2. The van der Waals surface area contributed by atoms with Gasteiger partial charge in [-0.25, -0.2) is 8.78 Å². The Kier molecular flexibility index (Phi) is 9.50. The fraction of sp³-hybridized carbons (Fsp3) is 0.222. The Bertz CT molecular complexity index is 1930. The molecule has 46 heavy (non-hydrogen) atoms. The van der Waals surface area contributed by atoms with Gasteiger partial charge in [0.25, 0.3) is 16.0 Å². The minimum Gasteiger partial charge on any atom is -0.356 e. The van der Waals surface area contributed by atoms with Crippen LogP contribution in [0.3, 0.4) is 0 Å². The van der Waals surface area contributed by atoms with E-state index in [1.54, 1.807) is 36.4 Å². The highest BCUT2D eigenvalue weighted by Gasteiger charge is 2.22. The second kappa shape index (κ2) is 13.4. The highest BCUT2D eigenvalue weighted by molar-refractivity contribution is 7.85. The van der Waals surface area contributed by atoms with Crippen LogP contribution in [0.5, 0.6) is 0 Å². The van der Waals surface area contributed by atoms with Crippen molar-refractivity contribution in [2.75, 3.05) is 12.3 Å². The van der Waals surface area contributed by atoms with Crippen LogP contribution in [0.25, 0.3) is 22.5 Å². The number of nitrogens with one attached hydrogen (secondary N) is 1. The maximum atomic E-state index is 14.3. The predicted octanol–water partition coefficient (Wildman–Crippen LogP) is 7.58. The first kappa shape index (κ1) is 32.7. The van der Waals surface area contributed by atoms with Gasteiger partial charge in [-0.2, -0.15) is 8.42 Å². The highest BCUT2D eigenvalue weighted by Crippen LogP contribution is 2.34. The summed E-state index contributed by atoms with van der Waals surface area (Å²) in [4.78, 5) is 12.4. The van der Waals surface area contributed by atoms with E-state index < -0.39 is 33.4 Å². The molecule has 1 atom stereocenters. The van der Waals surface area contributed by atoms with Crippen molar-refractivity contribution in [3.05, 3.63) is 137 Å². The Hall–Kier alpha value is -4.67. The lowest BCUT2D eigenvalue weighted by molar-refractivity contribution is 0.0956. The van der Waals surface area contributed by atoms with E-state index in [0.29, 0.717) is 34.6 Å². The smallest absolute Gasteiger partial charge is 0.266 e. The average Bonchev–Trinajstić information content (AvgIpc) is 3.49. The summed E-state index contributed by atoms with van der Waals surface area (Å²) in [6, 6.07) is 27.9. The minimum atomic E-state index is -4.17. The molecule has 0 aliphatic rings. The molecule has 0 spiro atoms. The Morgan fingerprint density at radius 2 is 1.54 bits per heavy atom. The molecule has 1 aromatic heterocycles. The molecule has 238 valence electrons. The molecular formula is C36H34F2N2O5S. The van der Waals surface area contributed by atoms with E-state index in [1.807, 2.05) is 18.2 Å². The number of carbonyl (C=O) groups is 1.